The highest BCUT2D eigenvalue weighted by atomic mass is 16.3. The first kappa shape index (κ1) is 9.86. The summed E-state index contributed by atoms with van der Waals surface area (Å²) >= 11 is 0. The molecule has 0 aromatic heterocycles. The van der Waals surface area contributed by atoms with E-state index in [1.54, 1.807) is 0 Å². The fourth-order valence-corrected chi connectivity index (χ4v) is 2.85. The van der Waals surface area contributed by atoms with Crippen molar-refractivity contribution in [3.63, 3.8) is 0 Å². The minimum absolute atomic E-state index is 0.848. The molecule has 4 aromatic carbocycles. The molecule has 18 heavy (non-hydrogen) atoms. The number of hydrogen-bond acceptors (Lipinski definition) is 1. The predicted molar refractivity (Wildman–Crippen MR) is 75.5 cm³/mol. The van der Waals surface area contributed by atoms with Crippen LogP contribution in [0.15, 0.2) is 54.6 Å². The van der Waals surface area contributed by atoms with E-state index in [0.29, 0.717) is 0 Å². The van der Waals surface area contributed by atoms with Crippen LogP contribution in [0, 0.1) is 6.61 Å². The van der Waals surface area contributed by atoms with Gasteiger partial charge in [0.25, 0.3) is 0 Å². The zero-order chi connectivity index (χ0) is 12.1. The van der Waals surface area contributed by atoms with Gasteiger partial charge in [0.05, 0.1) is 0 Å². The van der Waals surface area contributed by atoms with Crippen LogP contribution in [0.25, 0.3) is 32.3 Å². The molecule has 0 spiro atoms. The first-order valence-electron chi connectivity index (χ1n) is 6.02. The Hall–Kier alpha value is -2.12. The van der Waals surface area contributed by atoms with E-state index in [-0.39, 0.29) is 0 Å². The Morgan fingerprint density at radius 2 is 1.17 bits per heavy atom. The molecule has 4 aromatic rings. The molecule has 4 rings (SSSR count). The van der Waals surface area contributed by atoms with Gasteiger partial charge in [-0.25, -0.2) is 0 Å². The second-order valence-electron chi connectivity index (χ2n) is 4.68. The van der Waals surface area contributed by atoms with E-state index >= 15 is 0 Å². The van der Waals surface area contributed by atoms with Gasteiger partial charge >= 0.3 is 0 Å². The lowest BCUT2D eigenvalue weighted by Gasteiger charge is -2.11. The molecule has 0 aliphatic heterocycles. The van der Waals surface area contributed by atoms with Crippen LogP contribution in [-0.4, -0.2) is 5.11 Å². The third-order valence-corrected chi connectivity index (χ3v) is 3.63. The van der Waals surface area contributed by atoms with Crippen molar-refractivity contribution in [2.45, 2.75) is 0 Å². The van der Waals surface area contributed by atoms with Crippen molar-refractivity contribution < 1.29 is 5.11 Å². The summed E-state index contributed by atoms with van der Waals surface area (Å²) in [4.78, 5) is 0. The van der Waals surface area contributed by atoms with Crippen LogP contribution in [0.4, 0.5) is 0 Å². The summed E-state index contributed by atoms with van der Waals surface area (Å²) in [6, 6.07) is 19.0. The fraction of sp³-hybridized carbons (Fsp3) is 0. The van der Waals surface area contributed by atoms with E-state index in [2.05, 4.69) is 42.5 Å². The number of aliphatic hydroxyl groups is 1. The Morgan fingerprint density at radius 3 is 1.72 bits per heavy atom. The van der Waals surface area contributed by atoms with Crippen molar-refractivity contribution in [3.8, 4) is 0 Å². The highest BCUT2D eigenvalue weighted by Crippen LogP contribution is 2.35. The third-order valence-electron chi connectivity index (χ3n) is 3.63. The normalized spacial score (nSPS) is 11.8. The maximum atomic E-state index is 9.20. The highest BCUT2D eigenvalue weighted by molar-refractivity contribution is 6.23. The van der Waals surface area contributed by atoms with Crippen LogP contribution in [0.1, 0.15) is 5.56 Å². The van der Waals surface area contributed by atoms with Crippen LogP contribution < -0.4 is 0 Å². The Labute approximate surface area is 105 Å². The van der Waals surface area contributed by atoms with Crippen molar-refractivity contribution in [1.82, 2.24) is 0 Å². The summed E-state index contributed by atoms with van der Waals surface area (Å²) in [5.74, 6) is 0. The van der Waals surface area contributed by atoms with Gasteiger partial charge < -0.3 is 5.11 Å². The highest BCUT2D eigenvalue weighted by Gasteiger charge is 2.08. The molecule has 0 aliphatic carbocycles. The van der Waals surface area contributed by atoms with Crippen molar-refractivity contribution in [2.75, 3.05) is 0 Å². The van der Waals surface area contributed by atoms with E-state index in [1.165, 1.54) is 32.3 Å². The van der Waals surface area contributed by atoms with Crippen molar-refractivity contribution in [3.05, 3.63) is 66.8 Å². The lowest BCUT2D eigenvalue weighted by atomic mass is 9.93. The SMILES string of the molecule is O[CH]c1cc2ccc3cccc4ccc(c1)c2c34. The summed E-state index contributed by atoms with van der Waals surface area (Å²) in [7, 11) is 0. The van der Waals surface area contributed by atoms with Gasteiger partial charge in [0.1, 0.15) is 6.61 Å². The summed E-state index contributed by atoms with van der Waals surface area (Å²) in [5.41, 5.74) is 0.848. The molecule has 0 atom stereocenters. The van der Waals surface area contributed by atoms with Gasteiger partial charge in [-0.05, 0) is 50.0 Å². The molecule has 1 radical (unpaired) electrons. The van der Waals surface area contributed by atoms with Gasteiger partial charge in [-0.15, -0.1) is 0 Å². The third kappa shape index (κ3) is 1.20. The first-order valence-corrected chi connectivity index (χ1v) is 6.02. The van der Waals surface area contributed by atoms with Gasteiger partial charge in [0.2, 0.25) is 0 Å². The van der Waals surface area contributed by atoms with Crippen LogP contribution in [-0.2, 0) is 0 Å². The van der Waals surface area contributed by atoms with Crippen LogP contribution >= 0.6 is 0 Å². The summed E-state index contributed by atoms with van der Waals surface area (Å²) in [6.07, 6.45) is 0. The molecule has 0 unspecified atom stereocenters. The number of benzene rings is 4. The predicted octanol–water partition coefficient (Wildman–Crippen LogP) is 4.47. The second kappa shape index (κ2) is 3.44. The Balaban J connectivity index is 2.35. The lowest BCUT2D eigenvalue weighted by molar-refractivity contribution is 0.415. The molecule has 0 bridgehead atoms. The molecule has 0 heterocycles. The minimum Gasteiger partial charge on any atom is -0.385 e. The molecule has 85 valence electrons. The molecule has 0 fully saturated rings. The minimum atomic E-state index is 0.848. The number of aliphatic hydroxyl groups excluding tert-OH is 1. The van der Waals surface area contributed by atoms with E-state index in [1.807, 2.05) is 12.1 Å². The van der Waals surface area contributed by atoms with Gasteiger partial charge in [-0.1, -0.05) is 42.5 Å². The number of rotatable bonds is 1. The standard InChI is InChI=1S/C17H11O/c18-10-11-8-14-6-4-12-2-1-3-13-5-7-15(9-11)17(14)16(12)13/h1-10,18H. The molecule has 1 N–H and O–H groups in total. The molecule has 0 amide bonds. The Kier molecular flexibility index (Phi) is 1.88. The molecular weight excluding hydrogens is 220 g/mol. The molecule has 1 nitrogen and oxygen atoms in total. The van der Waals surface area contributed by atoms with E-state index in [9.17, 15) is 5.11 Å². The zero-order valence-corrected chi connectivity index (χ0v) is 9.72. The maximum Gasteiger partial charge on any atom is 0.109 e. The smallest absolute Gasteiger partial charge is 0.109 e. The summed E-state index contributed by atoms with van der Waals surface area (Å²) < 4.78 is 0. The largest absolute Gasteiger partial charge is 0.385 e. The average Bonchev–Trinajstić information content (AvgIpc) is 2.44. The molecular formula is C17H11O. The Morgan fingerprint density at radius 1 is 0.667 bits per heavy atom. The lowest BCUT2D eigenvalue weighted by Crippen LogP contribution is -1.86. The topological polar surface area (TPSA) is 20.2 Å². The monoisotopic (exact) mass is 231 g/mol. The first-order chi connectivity index (χ1) is 8.86. The zero-order valence-electron chi connectivity index (χ0n) is 9.72. The average molecular weight is 231 g/mol. The van der Waals surface area contributed by atoms with Gasteiger partial charge in [-0.2, -0.15) is 0 Å². The van der Waals surface area contributed by atoms with Crippen LogP contribution in [0.3, 0.4) is 0 Å². The second-order valence-corrected chi connectivity index (χ2v) is 4.68. The summed E-state index contributed by atoms with van der Waals surface area (Å²) in [6.45, 7) is 1.16. The number of hydrogen-bond donors (Lipinski definition) is 1. The van der Waals surface area contributed by atoms with E-state index in [4.69, 9.17) is 0 Å². The Bertz CT molecular complexity index is 797. The maximum absolute atomic E-state index is 9.20. The van der Waals surface area contributed by atoms with E-state index in [0.717, 1.165) is 12.2 Å². The van der Waals surface area contributed by atoms with Crippen LogP contribution in [0.2, 0.25) is 0 Å². The van der Waals surface area contributed by atoms with Crippen molar-refractivity contribution in [2.24, 2.45) is 0 Å². The fourth-order valence-electron chi connectivity index (χ4n) is 2.85. The van der Waals surface area contributed by atoms with Gasteiger partial charge in [0.15, 0.2) is 0 Å². The van der Waals surface area contributed by atoms with Gasteiger partial charge in [-0.3, -0.25) is 0 Å². The van der Waals surface area contributed by atoms with Gasteiger partial charge in [0, 0.05) is 0 Å². The molecule has 0 saturated heterocycles. The van der Waals surface area contributed by atoms with Crippen molar-refractivity contribution in [1.29, 1.82) is 0 Å². The van der Waals surface area contributed by atoms with Crippen LogP contribution in [0.5, 0.6) is 0 Å². The quantitative estimate of drug-likeness (QED) is 0.479. The molecule has 1 heteroatoms. The van der Waals surface area contributed by atoms with E-state index < -0.39 is 0 Å². The summed E-state index contributed by atoms with van der Waals surface area (Å²) in [5, 5.41) is 16.7. The molecule has 0 saturated carbocycles. The molecule has 0 aliphatic rings. The van der Waals surface area contributed by atoms with Crippen molar-refractivity contribution >= 4 is 32.3 Å².